The van der Waals surface area contributed by atoms with Crippen molar-refractivity contribution in [3.05, 3.63) is 72.1 Å². The minimum absolute atomic E-state index is 0.0451. The van der Waals surface area contributed by atoms with Gasteiger partial charge in [0.05, 0.1) is 29.6 Å². The van der Waals surface area contributed by atoms with Crippen LogP contribution in [0.5, 0.6) is 0 Å². The molecule has 9 nitrogen and oxygen atoms in total. The number of aromatic nitrogens is 5. The molecule has 1 aromatic carbocycles. The summed E-state index contributed by atoms with van der Waals surface area (Å²) in [7, 11) is -4.62. The van der Waals surface area contributed by atoms with E-state index in [9.17, 15) is 17.6 Å². The lowest BCUT2D eigenvalue weighted by atomic mass is 9.70. The number of Topliss-reactive ketones (excluding diaryl/α,β-unsaturated/α-hetero) is 1. The third kappa shape index (κ3) is 4.45. The standard InChI is InChI=1S/C26H28F3N5O4S/c1-16(23-21(29)10-30-13-32-23)26(11-34-15-31-14-33-34,19-5-4-18(27)9-20(19)28)38-39(36,37)12-25-7-6-17(8-22(25)35)24(25,2)3/h4-5,9-10,13-17H,6-8,11-12H2,1-3H3/t16-,17+,25-,26+/m0/s1. The van der Waals surface area contributed by atoms with Crippen molar-refractivity contribution in [1.29, 1.82) is 0 Å². The van der Waals surface area contributed by atoms with Crippen LogP contribution in [0.1, 0.15) is 57.2 Å². The van der Waals surface area contributed by atoms with E-state index in [0.29, 0.717) is 18.9 Å². The molecule has 0 unspecified atom stereocenters. The number of hydrogen-bond acceptors (Lipinski definition) is 8. The average Bonchev–Trinajstić information content (AvgIpc) is 3.49. The molecule has 2 heterocycles. The van der Waals surface area contributed by atoms with Crippen molar-refractivity contribution < 1.29 is 30.6 Å². The summed E-state index contributed by atoms with van der Waals surface area (Å²) in [4.78, 5) is 24.6. The summed E-state index contributed by atoms with van der Waals surface area (Å²) in [5.74, 6) is -4.89. The number of carbonyl (C=O) groups is 1. The molecule has 0 N–H and O–H groups in total. The first kappa shape index (κ1) is 27.4. The second kappa shape index (κ2) is 9.47. The van der Waals surface area contributed by atoms with E-state index in [1.165, 1.54) is 24.3 Å². The molecule has 208 valence electrons. The van der Waals surface area contributed by atoms with Crippen LogP contribution in [0.2, 0.25) is 0 Å². The van der Waals surface area contributed by atoms with Crippen LogP contribution in [0.3, 0.4) is 0 Å². The van der Waals surface area contributed by atoms with Gasteiger partial charge in [-0.05, 0) is 30.2 Å². The topological polar surface area (TPSA) is 117 Å². The molecule has 0 amide bonds. The van der Waals surface area contributed by atoms with Gasteiger partial charge < -0.3 is 0 Å². The average molecular weight is 564 g/mol. The Morgan fingerprint density at radius 3 is 2.54 bits per heavy atom. The smallest absolute Gasteiger partial charge is 0.269 e. The lowest BCUT2D eigenvalue weighted by Gasteiger charge is -2.41. The quantitative estimate of drug-likeness (QED) is 0.360. The van der Waals surface area contributed by atoms with Crippen LogP contribution in [0.25, 0.3) is 0 Å². The Labute approximate surface area is 224 Å². The minimum Gasteiger partial charge on any atom is -0.299 e. The minimum atomic E-state index is -4.62. The van der Waals surface area contributed by atoms with Crippen LogP contribution in [0, 0.1) is 34.2 Å². The van der Waals surface area contributed by atoms with Crippen LogP contribution in [0.4, 0.5) is 13.2 Å². The number of nitrogens with zero attached hydrogens (tertiary/aromatic N) is 5. The van der Waals surface area contributed by atoms with Gasteiger partial charge in [-0.15, -0.1) is 0 Å². The highest BCUT2D eigenvalue weighted by atomic mass is 32.2. The maximum absolute atomic E-state index is 15.5. The fraction of sp³-hybridized carbons (Fsp3) is 0.500. The summed E-state index contributed by atoms with van der Waals surface area (Å²) >= 11 is 0. The van der Waals surface area contributed by atoms with Gasteiger partial charge >= 0.3 is 0 Å². The lowest BCUT2D eigenvalue weighted by molar-refractivity contribution is -0.128. The third-order valence-corrected chi connectivity index (χ3v) is 10.3. The Morgan fingerprint density at radius 2 is 1.95 bits per heavy atom. The molecule has 0 spiro atoms. The predicted octanol–water partition coefficient (Wildman–Crippen LogP) is 3.93. The summed E-state index contributed by atoms with van der Waals surface area (Å²) in [6.45, 7) is 4.74. The Kier molecular flexibility index (Phi) is 6.65. The molecule has 0 saturated heterocycles. The molecule has 13 heteroatoms. The van der Waals surface area contributed by atoms with Crippen LogP contribution >= 0.6 is 0 Å². The van der Waals surface area contributed by atoms with E-state index in [1.807, 2.05) is 13.8 Å². The third-order valence-electron chi connectivity index (χ3n) is 8.89. The van der Waals surface area contributed by atoms with Gasteiger partial charge in [0.1, 0.15) is 42.0 Å². The van der Waals surface area contributed by atoms with Gasteiger partial charge in [-0.2, -0.15) is 13.5 Å². The van der Waals surface area contributed by atoms with Gasteiger partial charge in [-0.3, -0.25) is 8.98 Å². The first-order valence-electron chi connectivity index (χ1n) is 12.5. The van der Waals surface area contributed by atoms with E-state index in [0.717, 1.165) is 24.7 Å². The van der Waals surface area contributed by atoms with E-state index < -0.39 is 62.2 Å². The first-order chi connectivity index (χ1) is 18.3. The van der Waals surface area contributed by atoms with E-state index in [4.69, 9.17) is 4.18 Å². The van der Waals surface area contributed by atoms with Gasteiger partial charge in [0.15, 0.2) is 5.82 Å². The Hall–Kier alpha value is -3.19. The SMILES string of the molecule is C[C@@H](c1ncncc1F)[C@@](Cn1cncn1)(OS(=O)(=O)C[C@@]12CC[C@H](CC1=O)C2(C)C)c1ccc(F)cc1F. The molecule has 2 fully saturated rings. The van der Waals surface area contributed by atoms with Gasteiger partial charge in [-0.25, -0.2) is 32.8 Å². The number of fused-ring (bicyclic) bond motifs is 2. The van der Waals surface area contributed by atoms with Crippen LogP contribution in [0.15, 0.2) is 43.4 Å². The highest BCUT2D eigenvalue weighted by molar-refractivity contribution is 7.86. The molecule has 2 aliphatic carbocycles. The molecule has 5 rings (SSSR count). The molecule has 2 saturated carbocycles. The van der Waals surface area contributed by atoms with Crippen molar-refractivity contribution in [2.45, 2.75) is 58.1 Å². The highest BCUT2D eigenvalue weighted by Gasteiger charge is 2.66. The van der Waals surface area contributed by atoms with E-state index in [2.05, 4.69) is 20.1 Å². The van der Waals surface area contributed by atoms with Crippen molar-refractivity contribution in [3.8, 4) is 0 Å². The highest BCUT2D eigenvalue weighted by Crippen LogP contribution is 2.64. The fourth-order valence-electron chi connectivity index (χ4n) is 6.51. The van der Waals surface area contributed by atoms with Crippen LogP contribution in [-0.2, 0) is 31.2 Å². The second-order valence-electron chi connectivity index (χ2n) is 11.0. The molecule has 2 bridgehead atoms. The maximum Gasteiger partial charge on any atom is 0.269 e. The van der Waals surface area contributed by atoms with Crippen LogP contribution < -0.4 is 0 Å². The van der Waals surface area contributed by atoms with Crippen molar-refractivity contribution >= 4 is 15.9 Å². The van der Waals surface area contributed by atoms with Gasteiger partial charge in [0.25, 0.3) is 10.1 Å². The van der Waals surface area contributed by atoms with Crippen molar-refractivity contribution in [3.63, 3.8) is 0 Å². The summed E-state index contributed by atoms with van der Waals surface area (Å²) in [6.07, 6.45) is 5.78. The molecule has 0 radical (unpaired) electrons. The normalized spacial score (nSPS) is 24.6. The van der Waals surface area contributed by atoms with Crippen molar-refractivity contribution in [2.24, 2.45) is 16.7 Å². The Morgan fingerprint density at radius 1 is 1.18 bits per heavy atom. The summed E-state index contributed by atoms with van der Waals surface area (Å²) in [6, 6.07) is 2.60. The van der Waals surface area contributed by atoms with Crippen molar-refractivity contribution in [1.82, 2.24) is 24.7 Å². The number of benzene rings is 1. The van der Waals surface area contributed by atoms with Crippen LogP contribution in [-0.4, -0.2) is 44.7 Å². The molecular weight excluding hydrogens is 535 g/mol. The van der Waals surface area contributed by atoms with Gasteiger partial charge in [-0.1, -0.05) is 26.8 Å². The summed E-state index contributed by atoms with van der Waals surface area (Å²) < 4.78 is 79.6. The van der Waals surface area contributed by atoms with E-state index in [1.54, 1.807) is 0 Å². The number of ketones is 1. The predicted molar refractivity (Wildman–Crippen MR) is 132 cm³/mol. The monoisotopic (exact) mass is 563 g/mol. The summed E-state index contributed by atoms with van der Waals surface area (Å²) in [5.41, 5.74) is -4.59. The molecule has 2 aromatic heterocycles. The summed E-state index contributed by atoms with van der Waals surface area (Å²) in [5, 5.41) is 4.03. The number of hydrogen-bond donors (Lipinski definition) is 0. The lowest BCUT2D eigenvalue weighted by Crippen LogP contribution is -2.47. The number of halogens is 3. The Bertz CT molecular complexity index is 1520. The number of carbonyl (C=O) groups excluding carboxylic acids is 1. The largest absolute Gasteiger partial charge is 0.299 e. The van der Waals surface area contributed by atoms with E-state index in [-0.39, 0.29) is 29.4 Å². The second-order valence-corrected chi connectivity index (χ2v) is 12.6. The zero-order valence-corrected chi connectivity index (χ0v) is 22.5. The van der Waals surface area contributed by atoms with Crippen molar-refractivity contribution in [2.75, 3.05) is 5.75 Å². The molecular formula is C26H28F3N5O4S. The first-order valence-corrected chi connectivity index (χ1v) is 14.1. The molecule has 3 aromatic rings. The molecule has 39 heavy (non-hydrogen) atoms. The van der Waals surface area contributed by atoms with Gasteiger partial charge in [0, 0.05) is 24.0 Å². The zero-order valence-electron chi connectivity index (χ0n) is 21.6. The van der Waals surface area contributed by atoms with E-state index >= 15 is 8.78 Å². The molecule has 0 aliphatic heterocycles. The zero-order chi connectivity index (χ0) is 28.2. The van der Waals surface area contributed by atoms with Gasteiger partial charge in [0.2, 0.25) is 0 Å². The molecule has 4 atom stereocenters. The molecule has 2 aliphatic rings. The fourth-order valence-corrected chi connectivity index (χ4v) is 8.59. The Balaban J connectivity index is 1.68. The maximum atomic E-state index is 15.5. The number of rotatable bonds is 9.